The largest absolute Gasteiger partial charge is 0.451 e. The third kappa shape index (κ3) is 2.20. The smallest absolute Gasteiger partial charge is 0.167 e. The monoisotopic (exact) mass is 247 g/mol. The van der Waals surface area contributed by atoms with E-state index in [1.165, 1.54) is 18.5 Å². The van der Waals surface area contributed by atoms with Gasteiger partial charge in [-0.1, -0.05) is 0 Å². The maximum Gasteiger partial charge on any atom is 0.167 e. The van der Waals surface area contributed by atoms with Crippen LogP contribution in [0.3, 0.4) is 0 Å². The van der Waals surface area contributed by atoms with E-state index < -0.39 is 11.6 Å². The van der Waals surface area contributed by atoms with Gasteiger partial charge in [0, 0.05) is 18.3 Å². The SMILES string of the molecule is N#Cc1ccncc1Oc1cc(F)c(N)cc1F. The number of benzene rings is 1. The molecule has 0 aliphatic heterocycles. The molecule has 0 unspecified atom stereocenters. The first-order valence-electron chi connectivity index (χ1n) is 4.88. The number of nitrogen functional groups attached to an aromatic ring is 1. The lowest BCUT2D eigenvalue weighted by atomic mass is 10.2. The maximum absolute atomic E-state index is 13.5. The van der Waals surface area contributed by atoms with Crippen LogP contribution < -0.4 is 10.5 Å². The van der Waals surface area contributed by atoms with Crippen LogP contribution in [0.25, 0.3) is 0 Å². The van der Waals surface area contributed by atoms with Crippen molar-refractivity contribution < 1.29 is 13.5 Å². The summed E-state index contributed by atoms with van der Waals surface area (Å²) >= 11 is 0. The summed E-state index contributed by atoms with van der Waals surface area (Å²) in [5.74, 6) is -1.93. The molecule has 0 amide bonds. The van der Waals surface area contributed by atoms with Crippen molar-refractivity contribution in [3.63, 3.8) is 0 Å². The molecule has 0 radical (unpaired) electrons. The van der Waals surface area contributed by atoms with E-state index in [1.807, 2.05) is 6.07 Å². The van der Waals surface area contributed by atoms with Crippen molar-refractivity contribution in [2.45, 2.75) is 0 Å². The highest BCUT2D eigenvalue weighted by molar-refractivity contribution is 5.48. The van der Waals surface area contributed by atoms with Crippen LogP contribution in [-0.2, 0) is 0 Å². The van der Waals surface area contributed by atoms with E-state index in [0.29, 0.717) is 0 Å². The second-order valence-corrected chi connectivity index (χ2v) is 3.39. The Morgan fingerprint density at radius 1 is 1.22 bits per heavy atom. The molecule has 0 saturated carbocycles. The van der Waals surface area contributed by atoms with E-state index in [4.69, 9.17) is 15.7 Å². The van der Waals surface area contributed by atoms with Crippen molar-refractivity contribution >= 4 is 5.69 Å². The van der Waals surface area contributed by atoms with Crippen molar-refractivity contribution in [3.8, 4) is 17.6 Å². The number of pyridine rings is 1. The van der Waals surface area contributed by atoms with Gasteiger partial charge in [-0.25, -0.2) is 8.78 Å². The minimum absolute atomic E-state index is 0.0445. The van der Waals surface area contributed by atoms with Crippen LogP contribution in [0.5, 0.6) is 11.5 Å². The highest BCUT2D eigenvalue weighted by Gasteiger charge is 2.12. The average molecular weight is 247 g/mol. The molecule has 0 atom stereocenters. The first-order chi connectivity index (χ1) is 8.61. The molecule has 90 valence electrons. The Kier molecular flexibility index (Phi) is 3.06. The van der Waals surface area contributed by atoms with Gasteiger partial charge in [0.25, 0.3) is 0 Å². The Bertz CT molecular complexity index is 638. The van der Waals surface area contributed by atoms with Crippen LogP contribution in [0.4, 0.5) is 14.5 Å². The van der Waals surface area contributed by atoms with Gasteiger partial charge >= 0.3 is 0 Å². The zero-order valence-corrected chi connectivity index (χ0v) is 9.02. The van der Waals surface area contributed by atoms with E-state index in [2.05, 4.69) is 4.98 Å². The molecule has 0 bridgehead atoms. The van der Waals surface area contributed by atoms with Crippen molar-refractivity contribution in [2.75, 3.05) is 5.73 Å². The zero-order valence-electron chi connectivity index (χ0n) is 9.02. The van der Waals surface area contributed by atoms with Gasteiger partial charge in [-0.3, -0.25) is 4.98 Å². The second-order valence-electron chi connectivity index (χ2n) is 3.39. The Balaban J connectivity index is 2.41. The average Bonchev–Trinajstić information content (AvgIpc) is 2.36. The Labute approximate surface area is 101 Å². The number of ether oxygens (including phenoxy) is 1. The van der Waals surface area contributed by atoms with Gasteiger partial charge in [-0.2, -0.15) is 5.26 Å². The molecule has 18 heavy (non-hydrogen) atoms. The van der Waals surface area contributed by atoms with E-state index in [1.54, 1.807) is 0 Å². The first kappa shape index (κ1) is 11.8. The van der Waals surface area contributed by atoms with Gasteiger partial charge in [-0.15, -0.1) is 0 Å². The van der Waals surface area contributed by atoms with Crippen molar-refractivity contribution in [1.82, 2.24) is 4.98 Å². The lowest BCUT2D eigenvalue weighted by molar-refractivity contribution is 0.434. The molecule has 2 rings (SSSR count). The molecule has 1 aromatic carbocycles. The van der Waals surface area contributed by atoms with Crippen LogP contribution in [-0.4, -0.2) is 4.98 Å². The molecule has 0 saturated heterocycles. The maximum atomic E-state index is 13.5. The van der Waals surface area contributed by atoms with E-state index in [0.717, 1.165) is 12.1 Å². The third-order valence-electron chi connectivity index (χ3n) is 2.18. The number of hydrogen-bond acceptors (Lipinski definition) is 4. The van der Waals surface area contributed by atoms with Crippen molar-refractivity contribution in [3.05, 3.63) is 47.8 Å². The highest BCUT2D eigenvalue weighted by atomic mass is 19.1. The van der Waals surface area contributed by atoms with Crippen LogP contribution in [0.2, 0.25) is 0 Å². The summed E-state index contributed by atoms with van der Waals surface area (Å²) in [5.41, 5.74) is 5.06. The minimum Gasteiger partial charge on any atom is -0.451 e. The lowest BCUT2D eigenvalue weighted by Crippen LogP contribution is -1.96. The molecule has 0 fully saturated rings. The molecule has 1 heterocycles. The molecule has 0 aliphatic carbocycles. The number of halogens is 2. The summed E-state index contributed by atoms with van der Waals surface area (Å²) in [6.45, 7) is 0. The number of nitriles is 1. The van der Waals surface area contributed by atoms with Gasteiger partial charge < -0.3 is 10.5 Å². The predicted octanol–water partition coefficient (Wildman–Crippen LogP) is 2.61. The van der Waals surface area contributed by atoms with Crippen molar-refractivity contribution in [1.29, 1.82) is 5.26 Å². The number of rotatable bonds is 2. The molecular formula is C12H7F2N3O. The molecule has 0 spiro atoms. The van der Waals surface area contributed by atoms with Crippen LogP contribution >= 0.6 is 0 Å². The standard InChI is InChI=1S/C12H7F2N3O/c13-8-4-11(9(14)3-10(8)16)18-12-6-17-2-1-7(12)5-15/h1-4,6H,16H2. The van der Waals surface area contributed by atoms with Crippen LogP contribution in [0.15, 0.2) is 30.6 Å². The summed E-state index contributed by atoms with van der Waals surface area (Å²) in [7, 11) is 0. The fraction of sp³-hybridized carbons (Fsp3) is 0. The van der Waals surface area contributed by atoms with Gasteiger partial charge in [-0.05, 0) is 6.07 Å². The Morgan fingerprint density at radius 2 is 2.00 bits per heavy atom. The Morgan fingerprint density at radius 3 is 2.72 bits per heavy atom. The van der Waals surface area contributed by atoms with Gasteiger partial charge in [0.1, 0.15) is 11.9 Å². The zero-order chi connectivity index (χ0) is 13.1. The molecule has 6 heteroatoms. The number of anilines is 1. The normalized spacial score (nSPS) is 9.83. The Hall–Kier alpha value is -2.68. The van der Waals surface area contributed by atoms with Gasteiger partial charge in [0.05, 0.1) is 17.4 Å². The van der Waals surface area contributed by atoms with Gasteiger partial charge in [0.2, 0.25) is 0 Å². The van der Waals surface area contributed by atoms with Crippen molar-refractivity contribution in [2.24, 2.45) is 0 Å². The van der Waals surface area contributed by atoms with E-state index in [9.17, 15) is 8.78 Å². The van der Waals surface area contributed by atoms with Crippen LogP contribution in [0, 0.1) is 23.0 Å². The summed E-state index contributed by atoms with van der Waals surface area (Å²) < 4.78 is 31.8. The first-order valence-corrected chi connectivity index (χ1v) is 4.88. The second kappa shape index (κ2) is 4.67. The number of nitrogens with zero attached hydrogens (tertiary/aromatic N) is 2. The van der Waals surface area contributed by atoms with E-state index in [-0.39, 0.29) is 22.7 Å². The third-order valence-corrected chi connectivity index (χ3v) is 2.18. The number of hydrogen-bond donors (Lipinski definition) is 1. The molecule has 1 aromatic heterocycles. The van der Waals surface area contributed by atoms with Crippen LogP contribution in [0.1, 0.15) is 5.56 Å². The molecular weight excluding hydrogens is 240 g/mol. The fourth-order valence-corrected chi connectivity index (χ4v) is 1.29. The summed E-state index contributed by atoms with van der Waals surface area (Å²) in [6, 6.07) is 4.89. The van der Waals surface area contributed by atoms with E-state index >= 15 is 0 Å². The molecule has 2 aromatic rings. The molecule has 4 nitrogen and oxygen atoms in total. The molecule has 2 N–H and O–H groups in total. The lowest BCUT2D eigenvalue weighted by Gasteiger charge is -2.08. The predicted molar refractivity (Wildman–Crippen MR) is 59.8 cm³/mol. The minimum atomic E-state index is -0.818. The topological polar surface area (TPSA) is 71.9 Å². The molecule has 0 aliphatic rings. The number of nitrogens with two attached hydrogens (primary N) is 1. The quantitative estimate of drug-likeness (QED) is 0.828. The van der Waals surface area contributed by atoms with Gasteiger partial charge in [0.15, 0.2) is 17.3 Å². The number of aromatic nitrogens is 1. The highest BCUT2D eigenvalue weighted by Crippen LogP contribution is 2.29. The summed E-state index contributed by atoms with van der Waals surface area (Å²) in [4.78, 5) is 3.74. The summed E-state index contributed by atoms with van der Waals surface area (Å²) in [6.07, 6.45) is 2.64. The summed E-state index contributed by atoms with van der Waals surface area (Å²) in [5, 5.41) is 8.82. The fourth-order valence-electron chi connectivity index (χ4n) is 1.29.